The maximum atomic E-state index is 14.2. The van der Waals surface area contributed by atoms with Crippen molar-refractivity contribution in [3.05, 3.63) is 35.6 Å². The number of rotatable bonds is 5. The summed E-state index contributed by atoms with van der Waals surface area (Å²) in [5.41, 5.74) is 1.63. The van der Waals surface area contributed by atoms with Crippen LogP contribution in [0, 0.1) is 12.7 Å². The van der Waals surface area contributed by atoms with Crippen molar-refractivity contribution in [3.8, 4) is 11.3 Å². The molecule has 0 spiro atoms. The van der Waals surface area contributed by atoms with Crippen LogP contribution < -0.4 is 5.90 Å². The van der Waals surface area contributed by atoms with E-state index >= 15 is 0 Å². The fraction of sp³-hybridized carbons (Fsp3) is 0.438. The Labute approximate surface area is 138 Å². The van der Waals surface area contributed by atoms with Gasteiger partial charge in [-0.25, -0.2) is 9.37 Å². The Morgan fingerprint density at radius 3 is 2.78 bits per heavy atom. The monoisotopic (exact) mass is 338 g/mol. The lowest BCUT2D eigenvalue weighted by molar-refractivity contribution is -0.195. The van der Waals surface area contributed by atoms with E-state index in [9.17, 15) is 4.39 Å². The van der Waals surface area contributed by atoms with Gasteiger partial charge in [0.2, 0.25) is 0 Å². The van der Waals surface area contributed by atoms with Crippen molar-refractivity contribution in [3.63, 3.8) is 0 Å². The highest BCUT2D eigenvalue weighted by atomic mass is 32.2. The molecule has 0 amide bonds. The number of nitrogens with two attached hydrogens (primary N) is 1. The second-order valence-corrected chi connectivity index (χ2v) is 6.42. The number of halogens is 1. The molecule has 1 aromatic heterocycles. The molecule has 3 rings (SSSR count). The zero-order valence-electron chi connectivity index (χ0n) is 12.9. The van der Waals surface area contributed by atoms with Crippen molar-refractivity contribution in [1.82, 2.24) is 4.98 Å². The van der Waals surface area contributed by atoms with Crippen molar-refractivity contribution in [2.75, 3.05) is 0 Å². The molecule has 0 atom stereocenters. The third-order valence-corrected chi connectivity index (χ3v) is 4.77. The number of hydrogen-bond donors (Lipinski definition) is 1. The second kappa shape index (κ2) is 7.44. The van der Waals surface area contributed by atoms with Crippen molar-refractivity contribution in [2.24, 2.45) is 5.90 Å². The van der Waals surface area contributed by atoms with Crippen LogP contribution in [-0.2, 0) is 9.32 Å². The highest BCUT2D eigenvalue weighted by molar-refractivity contribution is 7.94. The second-order valence-electron chi connectivity index (χ2n) is 5.67. The van der Waals surface area contributed by atoms with Crippen LogP contribution in [0.3, 0.4) is 0 Å². The van der Waals surface area contributed by atoms with Gasteiger partial charge in [0.05, 0.1) is 22.6 Å². The van der Waals surface area contributed by atoms with E-state index in [0.29, 0.717) is 23.1 Å². The van der Waals surface area contributed by atoms with Gasteiger partial charge in [0.15, 0.2) is 11.7 Å². The van der Waals surface area contributed by atoms with Crippen LogP contribution in [0.2, 0.25) is 0 Å². The number of aryl methyl sites for hydroxylation is 1. The summed E-state index contributed by atoms with van der Waals surface area (Å²) >= 11 is 0.720. The molecular formula is C16H19FN2O3S. The summed E-state index contributed by atoms with van der Waals surface area (Å²) in [6.45, 7) is 1.82. The van der Waals surface area contributed by atoms with Gasteiger partial charge in [-0.1, -0.05) is 19.3 Å². The smallest absolute Gasteiger partial charge is 0.192 e. The lowest BCUT2D eigenvalue weighted by Gasteiger charge is -2.20. The average Bonchev–Trinajstić information content (AvgIpc) is 2.96. The topological polar surface area (TPSA) is 70.5 Å². The molecular weight excluding hydrogens is 319 g/mol. The molecule has 5 nitrogen and oxygen atoms in total. The number of benzene rings is 1. The maximum absolute atomic E-state index is 14.2. The van der Waals surface area contributed by atoms with Crippen LogP contribution in [0.5, 0.6) is 0 Å². The van der Waals surface area contributed by atoms with E-state index < -0.39 is 5.82 Å². The largest absolute Gasteiger partial charge is 0.441 e. The van der Waals surface area contributed by atoms with Gasteiger partial charge in [-0.3, -0.25) is 0 Å². The highest BCUT2D eigenvalue weighted by Crippen LogP contribution is 2.39. The molecule has 124 valence electrons. The molecule has 0 bridgehead atoms. The summed E-state index contributed by atoms with van der Waals surface area (Å²) in [4.78, 5) is 8.83. The average molecular weight is 338 g/mol. The van der Waals surface area contributed by atoms with E-state index in [4.69, 9.17) is 10.3 Å². The molecule has 1 aliphatic rings. The standard InChI is InChI=1S/C16H19FN2O3S/c1-10-19-15(11-5-3-2-4-6-11)16(20-10)12-7-8-14(13(17)9-12)23-22-21-18/h7-9,11H,2-6,18H2,1H3. The van der Waals surface area contributed by atoms with Crippen LogP contribution in [0.1, 0.15) is 49.6 Å². The molecule has 2 aromatic rings. The Balaban J connectivity index is 1.90. The van der Waals surface area contributed by atoms with Gasteiger partial charge in [-0.2, -0.15) is 5.90 Å². The van der Waals surface area contributed by atoms with Gasteiger partial charge in [0, 0.05) is 18.4 Å². The van der Waals surface area contributed by atoms with Crippen LogP contribution >= 0.6 is 12.0 Å². The fourth-order valence-electron chi connectivity index (χ4n) is 3.07. The van der Waals surface area contributed by atoms with Crippen LogP contribution in [-0.4, -0.2) is 4.98 Å². The van der Waals surface area contributed by atoms with Crippen molar-refractivity contribution in [2.45, 2.75) is 49.8 Å². The Kier molecular flexibility index (Phi) is 5.32. The lowest BCUT2D eigenvalue weighted by atomic mass is 9.85. The molecule has 23 heavy (non-hydrogen) atoms. The van der Waals surface area contributed by atoms with E-state index in [2.05, 4.69) is 14.3 Å². The van der Waals surface area contributed by atoms with E-state index in [1.54, 1.807) is 12.1 Å². The summed E-state index contributed by atoms with van der Waals surface area (Å²) in [5, 5.41) is 0. The Morgan fingerprint density at radius 1 is 1.30 bits per heavy atom. The molecule has 1 fully saturated rings. The summed E-state index contributed by atoms with van der Waals surface area (Å²) in [5.74, 6) is 6.01. The van der Waals surface area contributed by atoms with E-state index in [1.807, 2.05) is 6.92 Å². The van der Waals surface area contributed by atoms with Gasteiger partial charge in [-0.05, 0) is 31.0 Å². The molecule has 1 aliphatic carbocycles. The van der Waals surface area contributed by atoms with Gasteiger partial charge in [-0.15, -0.1) is 9.32 Å². The van der Waals surface area contributed by atoms with Gasteiger partial charge in [0.25, 0.3) is 0 Å². The predicted molar refractivity (Wildman–Crippen MR) is 84.7 cm³/mol. The molecule has 2 N–H and O–H groups in total. The maximum Gasteiger partial charge on any atom is 0.192 e. The van der Waals surface area contributed by atoms with E-state index in [0.717, 1.165) is 30.6 Å². The molecule has 1 aromatic carbocycles. The van der Waals surface area contributed by atoms with Crippen LogP contribution in [0.4, 0.5) is 4.39 Å². The first-order chi connectivity index (χ1) is 11.2. The molecule has 0 aliphatic heterocycles. The summed E-state index contributed by atoms with van der Waals surface area (Å²) in [6, 6.07) is 4.82. The number of hydrogen-bond acceptors (Lipinski definition) is 6. The first-order valence-corrected chi connectivity index (χ1v) is 8.40. The SMILES string of the molecule is Cc1nc(C2CCCCC2)c(-c2ccc(SOON)c(F)c2)o1. The van der Waals surface area contributed by atoms with Crippen molar-refractivity contribution >= 4 is 12.0 Å². The summed E-state index contributed by atoms with van der Waals surface area (Å²) in [6.07, 6.45) is 5.90. The quantitative estimate of drug-likeness (QED) is 0.485. The van der Waals surface area contributed by atoms with Crippen LogP contribution in [0.15, 0.2) is 27.5 Å². The van der Waals surface area contributed by atoms with Crippen molar-refractivity contribution < 1.29 is 18.1 Å². The summed E-state index contributed by atoms with van der Waals surface area (Å²) < 4.78 is 24.4. The minimum Gasteiger partial charge on any atom is -0.441 e. The molecule has 0 saturated heterocycles. The molecule has 1 heterocycles. The predicted octanol–water partition coefficient (Wildman–Crippen LogP) is 4.67. The summed E-state index contributed by atoms with van der Waals surface area (Å²) in [7, 11) is 0. The fourth-order valence-corrected chi connectivity index (χ4v) is 3.44. The zero-order chi connectivity index (χ0) is 16.2. The first-order valence-electron chi connectivity index (χ1n) is 7.66. The van der Waals surface area contributed by atoms with Gasteiger partial charge < -0.3 is 4.42 Å². The molecule has 0 unspecified atom stereocenters. The third-order valence-electron chi connectivity index (χ3n) is 4.11. The number of oxazole rings is 1. The van der Waals surface area contributed by atoms with E-state index in [-0.39, 0.29) is 4.90 Å². The van der Waals surface area contributed by atoms with Gasteiger partial charge >= 0.3 is 0 Å². The lowest BCUT2D eigenvalue weighted by Crippen LogP contribution is -2.06. The molecule has 7 heteroatoms. The molecule has 1 saturated carbocycles. The van der Waals surface area contributed by atoms with E-state index in [1.165, 1.54) is 25.3 Å². The van der Waals surface area contributed by atoms with Crippen molar-refractivity contribution in [1.29, 1.82) is 0 Å². The number of nitrogens with zero attached hydrogens (tertiary/aromatic N) is 1. The third kappa shape index (κ3) is 3.74. The van der Waals surface area contributed by atoms with Gasteiger partial charge in [0.1, 0.15) is 5.82 Å². The normalized spacial score (nSPS) is 16.0. The minimum absolute atomic E-state index is 0.287. The first kappa shape index (κ1) is 16.4. The zero-order valence-corrected chi connectivity index (χ0v) is 13.7. The number of aromatic nitrogens is 1. The Hall–Kier alpha value is -1.41. The highest BCUT2D eigenvalue weighted by Gasteiger charge is 2.24. The minimum atomic E-state index is -0.423. The molecule has 0 radical (unpaired) electrons. The Morgan fingerprint density at radius 2 is 2.09 bits per heavy atom. The van der Waals surface area contributed by atoms with Crippen LogP contribution in [0.25, 0.3) is 11.3 Å². The Bertz CT molecular complexity index is 671.